The number of nitrogens with zero attached hydrogens (tertiary/aromatic N) is 1. The quantitative estimate of drug-likeness (QED) is 0.781. The fraction of sp³-hybridized carbons (Fsp3) is 0.455. The first-order chi connectivity index (χ1) is 12.3. The summed E-state index contributed by atoms with van der Waals surface area (Å²) in [5.74, 6) is 0.809. The molecule has 1 atom stereocenters. The van der Waals surface area contributed by atoms with Crippen LogP contribution in [0.1, 0.15) is 42.9 Å². The zero-order valence-corrected chi connectivity index (χ0v) is 15.5. The molecule has 1 unspecified atom stereocenters. The van der Waals surface area contributed by atoms with Crippen LogP contribution in [0.5, 0.6) is 0 Å². The van der Waals surface area contributed by atoms with Crippen LogP contribution in [0.4, 0.5) is 0 Å². The SMILES string of the molecule is Clc1ccc(C(NC2CCN(Cc3ccccc3)CC2)C2CC2)cc1. The van der Waals surface area contributed by atoms with Crippen molar-refractivity contribution in [1.82, 2.24) is 10.2 Å². The first kappa shape index (κ1) is 17.1. The third-order valence-corrected chi connectivity index (χ3v) is 5.83. The molecule has 0 bridgehead atoms. The Morgan fingerprint density at radius 1 is 0.920 bits per heavy atom. The lowest BCUT2D eigenvalue weighted by atomic mass is 9.97. The van der Waals surface area contributed by atoms with Gasteiger partial charge in [-0.1, -0.05) is 54.1 Å². The van der Waals surface area contributed by atoms with E-state index in [2.05, 4.69) is 52.7 Å². The van der Waals surface area contributed by atoms with Gasteiger partial charge in [-0.05, 0) is 68.0 Å². The van der Waals surface area contributed by atoms with E-state index in [1.165, 1.54) is 49.9 Å². The molecule has 0 amide bonds. The van der Waals surface area contributed by atoms with Crippen LogP contribution in [0.2, 0.25) is 5.02 Å². The van der Waals surface area contributed by atoms with Crippen LogP contribution in [0.25, 0.3) is 0 Å². The summed E-state index contributed by atoms with van der Waals surface area (Å²) in [4.78, 5) is 2.59. The highest BCUT2D eigenvalue weighted by molar-refractivity contribution is 6.30. The van der Waals surface area contributed by atoms with E-state index in [0.717, 1.165) is 17.5 Å². The predicted octanol–water partition coefficient (Wildman–Crippen LogP) is 5.05. The van der Waals surface area contributed by atoms with Gasteiger partial charge in [0, 0.05) is 23.7 Å². The normalized spacial score (nSPS) is 20.5. The van der Waals surface area contributed by atoms with E-state index < -0.39 is 0 Å². The molecule has 4 rings (SSSR count). The molecule has 1 saturated carbocycles. The second-order valence-corrected chi connectivity index (χ2v) is 8.01. The zero-order valence-electron chi connectivity index (χ0n) is 14.7. The van der Waals surface area contributed by atoms with Crippen molar-refractivity contribution >= 4 is 11.6 Å². The van der Waals surface area contributed by atoms with E-state index >= 15 is 0 Å². The van der Waals surface area contributed by atoms with Gasteiger partial charge in [0.15, 0.2) is 0 Å². The summed E-state index contributed by atoms with van der Waals surface area (Å²) in [5.41, 5.74) is 2.82. The minimum Gasteiger partial charge on any atom is -0.307 e. The van der Waals surface area contributed by atoms with Gasteiger partial charge in [-0.2, -0.15) is 0 Å². The second-order valence-electron chi connectivity index (χ2n) is 7.57. The molecule has 2 nitrogen and oxygen atoms in total. The molecule has 0 spiro atoms. The smallest absolute Gasteiger partial charge is 0.0406 e. The minimum atomic E-state index is 0.503. The summed E-state index contributed by atoms with van der Waals surface area (Å²) >= 11 is 6.06. The Kier molecular flexibility index (Phi) is 5.40. The van der Waals surface area contributed by atoms with Gasteiger partial charge in [-0.3, -0.25) is 4.90 Å². The zero-order chi connectivity index (χ0) is 17.1. The van der Waals surface area contributed by atoms with Gasteiger partial charge in [0.25, 0.3) is 0 Å². The van der Waals surface area contributed by atoms with Gasteiger partial charge < -0.3 is 5.32 Å². The topological polar surface area (TPSA) is 15.3 Å². The molecular formula is C22H27ClN2. The largest absolute Gasteiger partial charge is 0.307 e. The average molecular weight is 355 g/mol. The molecule has 1 heterocycles. The number of rotatable bonds is 6. The van der Waals surface area contributed by atoms with Gasteiger partial charge in [-0.25, -0.2) is 0 Å². The van der Waals surface area contributed by atoms with Crippen molar-refractivity contribution in [2.24, 2.45) is 5.92 Å². The maximum Gasteiger partial charge on any atom is 0.0406 e. The Morgan fingerprint density at radius 2 is 1.60 bits per heavy atom. The lowest BCUT2D eigenvalue weighted by Crippen LogP contribution is -2.43. The van der Waals surface area contributed by atoms with Crippen LogP contribution in [-0.2, 0) is 6.54 Å². The molecule has 2 aromatic rings. The van der Waals surface area contributed by atoms with Crippen LogP contribution >= 0.6 is 11.6 Å². The highest BCUT2D eigenvalue weighted by Gasteiger charge is 2.34. The van der Waals surface area contributed by atoms with Crippen molar-refractivity contribution in [2.75, 3.05) is 13.1 Å². The molecule has 2 fully saturated rings. The molecule has 1 aliphatic heterocycles. The number of nitrogens with one attached hydrogen (secondary N) is 1. The molecule has 132 valence electrons. The molecule has 25 heavy (non-hydrogen) atoms. The Labute approximate surface area is 156 Å². The molecule has 0 radical (unpaired) electrons. The van der Waals surface area contributed by atoms with Crippen molar-refractivity contribution in [2.45, 2.75) is 44.3 Å². The molecule has 3 heteroatoms. The van der Waals surface area contributed by atoms with Crippen LogP contribution in [0.15, 0.2) is 54.6 Å². The first-order valence-electron chi connectivity index (χ1n) is 9.56. The van der Waals surface area contributed by atoms with Crippen LogP contribution in [-0.4, -0.2) is 24.0 Å². The van der Waals surface area contributed by atoms with Gasteiger partial charge in [0.05, 0.1) is 0 Å². The van der Waals surface area contributed by atoms with Crippen LogP contribution in [0, 0.1) is 5.92 Å². The summed E-state index contributed by atoms with van der Waals surface area (Å²) in [6.45, 7) is 3.45. The van der Waals surface area contributed by atoms with Crippen molar-refractivity contribution < 1.29 is 0 Å². The van der Waals surface area contributed by atoms with Gasteiger partial charge in [0.1, 0.15) is 0 Å². The summed E-state index contributed by atoms with van der Waals surface area (Å²) in [7, 11) is 0. The highest BCUT2D eigenvalue weighted by atomic mass is 35.5. The molecule has 1 N–H and O–H groups in total. The third-order valence-electron chi connectivity index (χ3n) is 5.57. The van der Waals surface area contributed by atoms with E-state index in [1.807, 2.05) is 12.1 Å². The Balaban J connectivity index is 1.32. The third kappa shape index (κ3) is 4.63. The number of likely N-dealkylation sites (tertiary alicyclic amines) is 1. The monoisotopic (exact) mass is 354 g/mol. The number of hydrogen-bond donors (Lipinski definition) is 1. The maximum absolute atomic E-state index is 6.06. The minimum absolute atomic E-state index is 0.503. The Hall–Kier alpha value is -1.35. The van der Waals surface area contributed by atoms with E-state index in [1.54, 1.807) is 0 Å². The first-order valence-corrected chi connectivity index (χ1v) is 9.93. The lowest BCUT2D eigenvalue weighted by Gasteiger charge is -2.35. The highest BCUT2D eigenvalue weighted by Crippen LogP contribution is 2.41. The number of benzene rings is 2. The van der Waals surface area contributed by atoms with E-state index in [4.69, 9.17) is 11.6 Å². The fourth-order valence-electron chi connectivity index (χ4n) is 3.96. The Bertz CT molecular complexity index is 658. The van der Waals surface area contributed by atoms with Gasteiger partial charge in [-0.15, -0.1) is 0 Å². The summed E-state index contributed by atoms with van der Waals surface area (Å²) in [6.07, 6.45) is 5.19. The summed E-state index contributed by atoms with van der Waals surface area (Å²) in [6, 6.07) is 20.4. The fourth-order valence-corrected chi connectivity index (χ4v) is 4.08. The van der Waals surface area contributed by atoms with Gasteiger partial charge >= 0.3 is 0 Å². The van der Waals surface area contributed by atoms with Crippen molar-refractivity contribution in [3.63, 3.8) is 0 Å². The Morgan fingerprint density at radius 3 is 2.24 bits per heavy atom. The summed E-state index contributed by atoms with van der Waals surface area (Å²) in [5, 5.41) is 4.79. The number of halogens is 1. The average Bonchev–Trinajstić information content (AvgIpc) is 3.48. The predicted molar refractivity (Wildman–Crippen MR) is 105 cm³/mol. The van der Waals surface area contributed by atoms with E-state index in [0.29, 0.717) is 12.1 Å². The molecule has 2 aliphatic rings. The maximum atomic E-state index is 6.06. The van der Waals surface area contributed by atoms with E-state index in [-0.39, 0.29) is 0 Å². The number of piperidine rings is 1. The van der Waals surface area contributed by atoms with Gasteiger partial charge in [0.2, 0.25) is 0 Å². The van der Waals surface area contributed by atoms with Crippen molar-refractivity contribution in [3.8, 4) is 0 Å². The molecule has 1 saturated heterocycles. The molecular weight excluding hydrogens is 328 g/mol. The van der Waals surface area contributed by atoms with Crippen LogP contribution < -0.4 is 5.32 Å². The number of hydrogen-bond acceptors (Lipinski definition) is 2. The van der Waals surface area contributed by atoms with Crippen LogP contribution in [0.3, 0.4) is 0 Å². The molecule has 2 aromatic carbocycles. The molecule has 1 aliphatic carbocycles. The summed E-state index contributed by atoms with van der Waals surface area (Å²) < 4.78 is 0. The van der Waals surface area contributed by atoms with Crippen molar-refractivity contribution in [3.05, 3.63) is 70.7 Å². The second kappa shape index (κ2) is 7.90. The standard InChI is InChI=1S/C22H27ClN2/c23-20-10-8-19(9-11-20)22(18-6-7-18)24-21-12-14-25(15-13-21)16-17-4-2-1-3-5-17/h1-5,8-11,18,21-22,24H,6-7,12-16H2. The van der Waals surface area contributed by atoms with Crippen molar-refractivity contribution in [1.29, 1.82) is 0 Å². The molecule has 0 aromatic heterocycles. The lowest BCUT2D eigenvalue weighted by molar-refractivity contribution is 0.181. The van der Waals surface area contributed by atoms with E-state index in [9.17, 15) is 0 Å².